The molecule has 0 saturated heterocycles. The van der Waals surface area contributed by atoms with Gasteiger partial charge in [0.2, 0.25) is 11.7 Å². The first-order valence-electron chi connectivity index (χ1n) is 9.88. The van der Waals surface area contributed by atoms with Crippen LogP contribution >= 0.6 is 11.8 Å². The van der Waals surface area contributed by atoms with Gasteiger partial charge in [-0.05, 0) is 52.2 Å². The lowest BCUT2D eigenvalue weighted by molar-refractivity contribution is -0.121. The largest absolute Gasteiger partial charge is 0.461 e. The van der Waals surface area contributed by atoms with Crippen molar-refractivity contribution in [2.24, 2.45) is 0 Å². The van der Waals surface area contributed by atoms with Crippen LogP contribution in [-0.4, -0.2) is 31.5 Å². The molecule has 1 aliphatic carbocycles. The minimum Gasteiger partial charge on any atom is -0.461 e. The number of aromatic nitrogens is 3. The number of furan rings is 1. The number of carbonyl (C=O) groups is 1. The Morgan fingerprint density at radius 2 is 2.11 bits per heavy atom. The predicted octanol–water partition coefficient (Wildman–Crippen LogP) is 4.83. The summed E-state index contributed by atoms with van der Waals surface area (Å²) in [5, 5.41) is 12.5. The van der Waals surface area contributed by atoms with Crippen LogP contribution < -0.4 is 5.32 Å². The van der Waals surface area contributed by atoms with Crippen molar-refractivity contribution in [2.45, 2.75) is 88.2 Å². The number of amides is 1. The summed E-state index contributed by atoms with van der Waals surface area (Å²) >= 11 is 1.48. The monoisotopic (exact) mass is 390 g/mol. The van der Waals surface area contributed by atoms with Gasteiger partial charge < -0.3 is 9.73 Å². The van der Waals surface area contributed by atoms with E-state index in [2.05, 4.69) is 27.0 Å². The van der Waals surface area contributed by atoms with Crippen molar-refractivity contribution >= 4 is 17.7 Å². The number of hydrogen-bond acceptors (Lipinski definition) is 5. The number of nitrogens with one attached hydrogen (secondary N) is 1. The maximum absolute atomic E-state index is 12.6. The predicted molar refractivity (Wildman–Crippen MR) is 108 cm³/mol. The SMILES string of the molecule is CCC(C)(C)NC(=O)C(C)Sc1nnc(-c2ccco2)n1C1CCCCC1. The molecule has 2 aromatic heterocycles. The van der Waals surface area contributed by atoms with Crippen molar-refractivity contribution in [1.29, 1.82) is 0 Å². The Balaban J connectivity index is 1.83. The highest BCUT2D eigenvalue weighted by Gasteiger charge is 2.28. The lowest BCUT2D eigenvalue weighted by atomic mass is 9.95. The minimum absolute atomic E-state index is 0.0320. The van der Waals surface area contributed by atoms with Gasteiger partial charge >= 0.3 is 0 Å². The molecule has 2 aromatic rings. The first kappa shape index (κ1) is 20.0. The Morgan fingerprint density at radius 3 is 2.74 bits per heavy atom. The quantitative estimate of drug-likeness (QED) is 0.686. The highest BCUT2D eigenvalue weighted by Crippen LogP contribution is 2.36. The Bertz CT molecular complexity index is 748. The molecule has 3 rings (SSSR count). The topological polar surface area (TPSA) is 73.0 Å². The van der Waals surface area contributed by atoms with Crippen LogP contribution in [0.25, 0.3) is 11.6 Å². The second kappa shape index (κ2) is 8.50. The molecule has 1 atom stereocenters. The van der Waals surface area contributed by atoms with E-state index in [0.29, 0.717) is 6.04 Å². The van der Waals surface area contributed by atoms with Gasteiger partial charge in [-0.2, -0.15) is 0 Å². The number of carbonyl (C=O) groups excluding carboxylic acids is 1. The minimum atomic E-state index is -0.244. The number of nitrogens with zero attached hydrogens (tertiary/aromatic N) is 3. The van der Waals surface area contributed by atoms with Crippen molar-refractivity contribution in [3.8, 4) is 11.6 Å². The van der Waals surface area contributed by atoms with E-state index in [1.807, 2.05) is 32.9 Å². The Kier molecular flexibility index (Phi) is 6.29. The maximum Gasteiger partial charge on any atom is 0.233 e. The molecule has 0 bridgehead atoms. The normalized spacial score (nSPS) is 17.0. The third kappa shape index (κ3) is 4.75. The van der Waals surface area contributed by atoms with Gasteiger partial charge in [0.15, 0.2) is 10.9 Å². The summed E-state index contributed by atoms with van der Waals surface area (Å²) in [7, 11) is 0. The van der Waals surface area contributed by atoms with Gasteiger partial charge in [-0.15, -0.1) is 10.2 Å². The molecule has 1 aliphatic rings. The van der Waals surface area contributed by atoms with E-state index in [-0.39, 0.29) is 16.7 Å². The first-order chi connectivity index (χ1) is 12.9. The standard InChI is InChI=1S/C20H30N4O2S/c1-5-20(3,4)21-18(25)14(2)27-19-23-22-17(16-12-9-13-26-16)24(19)15-10-7-6-8-11-15/h9,12-15H,5-8,10-11H2,1-4H3,(H,21,25). The number of thioether (sulfide) groups is 1. The fourth-order valence-corrected chi connectivity index (χ4v) is 4.25. The molecular formula is C20H30N4O2S. The van der Waals surface area contributed by atoms with Gasteiger partial charge in [0.1, 0.15) is 0 Å². The number of rotatable bonds is 7. The second-order valence-corrected chi connectivity index (χ2v) is 9.24. The molecule has 1 amide bonds. The Morgan fingerprint density at radius 1 is 1.37 bits per heavy atom. The van der Waals surface area contributed by atoms with E-state index in [1.54, 1.807) is 6.26 Å². The van der Waals surface area contributed by atoms with E-state index >= 15 is 0 Å². The lowest BCUT2D eigenvalue weighted by Gasteiger charge is -2.27. The van der Waals surface area contributed by atoms with Crippen molar-refractivity contribution in [3.63, 3.8) is 0 Å². The molecule has 1 saturated carbocycles. The average Bonchev–Trinajstić information content (AvgIpc) is 3.31. The van der Waals surface area contributed by atoms with Crippen LogP contribution in [0.3, 0.4) is 0 Å². The van der Waals surface area contributed by atoms with Gasteiger partial charge in [0, 0.05) is 11.6 Å². The van der Waals surface area contributed by atoms with Crippen molar-refractivity contribution in [3.05, 3.63) is 18.4 Å². The average molecular weight is 391 g/mol. The van der Waals surface area contributed by atoms with Crippen LogP contribution in [0.4, 0.5) is 0 Å². The van der Waals surface area contributed by atoms with Gasteiger partial charge in [-0.3, -0.25) is 9.36 Å². The van der Waals surface area contributed by atoms with Gasteiger partial charge in [-0.25, -0.2) is 0 Å². The van der Waals surface area contributed by atoms with E-state index in [9.17, 15) is 4.79 Å². The summed E-state index contributed by atoms with van der Waals surface area (Å²) < 4.78 is 7.78. The highest BCUT2D eigenvalue weighted by atomic mass is 32.2. The van der Waals surface area contributed by atoms with Crippen LogP contribution in [0.5, 0.6) is 0 Å². The molecule has 0 radical (unpaired) electrons. The highest BCUT2D eigenvalue weighted by molar-refractivity contribution is 8.00. The zero-order chi connectivity index (χ0) is 19.4. The molecule has 0 aliphatic heterocycles. The summed E-state index contributed by atoms with van der Waals surface area (Å²) in [6, 6.07) is 4.14. The molecule has 7 heteroatoms. The van der Waals surface area contributed by atoms with Crippen LogP contribution in [0.15, 0.2) is 28.0 Å². The smallest absolute Gasteiger partial charge is 0.233 e. The zero-order valence-corrected chi connectivity index (χ0v) is 17.5. The lowest BCUT2D eigenvalue weighted by Crippen LogP contribution is -2.46. The molecule has 0 aromatic carbocycles. The Labute approximate surface area is 165 Å². The maximum atomic E-state index is 12.6. The summed E-state index contributed by atoms with van der Waals surface area (Å²) in [5.41, 5.74) is -0.206. The molecule has 148 valence electrons. The van der Waals surface area contributed by atoms with Crippen LogP contribution in [0.2, 0.25) is 0 Å². The fourth-order valence-electron chi connectivity index (χ4n) is 3.33. The van der Waals surface area contributed by atoms with Crippen molar-refractivity contribution in [1.82, 2.24) is 20.1 Å². The summed E-state index contributed by atoms with van der Waals surface area (Å²) in [6.45, 7) is 8.09. The second-order valence-electron chi connectivity index (χ2n) is 7.93. The van der Waals surface area contributed by atoms with Crippen LogP contribution in [0.1, 0.15) is 72.3 Å². The van der Waals surface area contributed by atoms with E-state index in [1.165, 1.54) is 31.0 Å². The third-order valence-electron chi connectivity index (χ3n) is 5.34. The Hall–Kier alpha value is -1.76. The summed E-state index contributed by atoms with van der Waals surface area (Å²) in [6.07, 6.45) is 8.48. The van der Waals surface area contributed by atoms with E-state index in [0.717, 1.165) is 36.0 Å². The molecule has 1 N–H and O–H groups in total. The molecular weight excluding hydrogens is 360 g/mol. The zero-order valence-electron chi connectivity index (χ0n) is 16.7. The first-order valence-corrected chi connectivity index (χ1v) is 10.8. The van der Waals surface area contributed by atoms with E-state index in [4.69, 9.17) is 4.42 Å². The molecule has 1 unspecified atom stereocenters. The molecule has 1 fully saturated rings. The van der Waals surface area contributed by atoms with Gasteiger partial charge in [-0.1, -0.05) is 37.9 Å². The summed E-state index contributed by atoms with van der Waals surface area (Å²) in [4.78, 5) is 12.6. The van der Waals surface area contributed by atoms with Crippen LogP contribution in [0, 0.1) is 0 Å². The van der Waals surface area contributed by atoms with Crippen LogP contribution in [-0.2, 0) is 4.79 Å². The van der Waals surface area contributed by atoms with E-state index < -0.39 is 0 Å². The number of hydrogen-bond donors (Lipinski definition) is 1. The van der Waals surface area contributed by atoms with Crippen molar-refractivity contribution in [2.75, 3.05) is 0 Å². The third-order valence-corrected chi connectivity index (χ3v) is 6.40. The molecule has 6 nitrogen and oxygen atoms in total. The molecule has 0 spiro atoms. The fraction of sp³-hybridized carbons (Fsp3) is 0.650. The summed E-state index contributed by atoms with van der Waals surface area (Å²) in [5.74, 6) is 1.52. The molecule has 2 heterocycles. The van der Waals surface area contributed by atoms with Crippen molar-refractivity contribution < 1.29 is 9.21 Å². The van der Waals surface area contributed by atoms with Gasteiger partial charge in [0.05, 0.1) is 11.5 Å². The molecule has 27 heavy (non-hydrogen) atoms. The van der Waals surface area contributed by atoms with Gasteiger partial charge in [0.25, 0.3) is 0 Å².